The summed E-state index contributed by atoms with van der Waals surface area (Å²) in [6, 6.07) is 41.9. The highest BCUT2D eigenvalue weighted by Gasteiger charge is 2.28. The number of halogens is 2. The van der Waals surface area contributed by atoms with Gasteiger partial charge in [0.2, 0.25) is 0 Å². The van der Waals surface area contributed by atoms with Crippen molar-refractivity contribution in [2.45, 2.75) is 24.5 Å². The van der Waals surface area contributed by atoms with Crippen LogP contribution in [0.4, 0.5) is 0 Å². The maximum absolute atomic E-state index is 12.7. The average Bonchev–Trinajstić information content (AvgIpc) is 2.92. The zero-order valence-electron chi connectivity index (χ0n) is 19.1. The molecule has 36 heavy (non-hydrogen) atoms. The molecule has 0 bridgehead atoms. The molecule has 0 aliphatic carbocycles. The predicted molar refractivity (Wildman–Crippen MR) is 152 cm³/mol. The third-order valence-electron chi connectivity index (χ3n) is 5.55. The maximum atomic E-state index is 12.7. The summed E-state index contributed by atoms with van der Waals surface area (Å²) in [6.07, 6.45) is 0. The Morgan fingerprint density at radius 1 is 0.500 bits per heavy atom. The lowest BCUT2D eigenvalue weighted by Gasteiger charge is -2.09. The first-order valence-electron chi connectivity index (χ1n) is 11.3. The van der Waals surface area contributed by atoms with Gasteiger partial charge < -0.3 is 0 Å². The molecule has 5 aromatic rings. The topological polar surface area (TPSA) is 17.1 Å². The highest BCUT2D eigenvalue weighted by Crippen LogP contribution is 2.35. The van der Waals surface area contributed by atoms with Crippen molar-refractivity contribution in [3.8, 4) is 0 Å². The van der Waals surface area contributed by atoms with Crippen LogP contribution in [-0.2, 0) is 10.9 Å². The average molecular weight is 545 g/mol. The summed E-state index contributed by atoms with van der Waals surface area (Å²) in [4.78, 5) is 18.5. The monoisotopic (exact) mass is 543 g/mol. The van der Waals surface area contributed by atoms with E-state index in [0.717, 1.165) is 19.8 Å². The van der Waals surface area contributed by atoms with Crippen molar-refractivity contribution >= 4 is 51.6 Å². The Morgan fingerprint density at radius 3 is 1.36 bits per heavy atom. The molecule has 0 radical (unpaired) electrons. The van der Waals surface area contributed by atoms with E-state index in [9.17, 15) is 4.79 Å². The van der Waals surface area contributed by atoms with E-state index in [4.69, 9.17) is 23.2 Å². The molecule has 0 spiro atoms. The van der Waals surface area contributed by atoms with E-state index in [1.165, 1.54) is 14.7 Å². The van der Waals surface area contributed by atoms with Crippen LogP contribution < -0.4 is 0 Å². The first-order chi connectivity index (χ1) is 17.6. The zero-order valence-corrected chi connectivity index (χ0v) is 22.2. The van der Waals surface area contributed by atoms with Crippen molar-refractivity contribution in [1.29, 1.82) is 0 Å². The fourth-order valence-electron chi connectivity index (χ4n) is 3.76. The van der Waals surface area contributed by atoms with E-state index >= 15 is 0 Å². The lowest BCUT2D eigenvalue weighted by atomic mass is 10.0. The SMILES string of the molecule is O=C(c1ccccc1)c1ccc(Sc2ccc([S+](c3ccc(Cl)cc3)c3ccc(Cl)cc3)cc2)cc1. The Morgan fingerprint density at radius 2 is 0.889 bits per heavy atom. The fourth-order valence-corrected chi connectivity index (χ4v) is 6.87. The second-order valence-electron chi connectivity index (χ2n) is 8.01. The highest BCUT2D eigenvalue weighted by atomic mass is 35.5. The molecule has 5 rings (SSSR count). The lowest BCUT2D eigenvalue weighted by Crippen LogP contribution is -2.04. The quantitative estimate of drug-likeness (QED) is 0.150. The van der Waals surface area contributed by atoms with Crippen LogP contribution in [-0.4, -0.2) is 5.78 Å². The number of hydrogen-bond acceptors (Lipinski definition) is 2. The molecule has 0 N–H and O–H groups in total. The van der Waals surface area contributed by atoms with Gasteiger partial charge in [0, 0.05) is 31.0 Å². The molecule has 0 aliphatic heterocycles. The van der Waals surface area contributed by atoms with E-state index < -0.39 is 0 Å². The molecule has 176 valence electrons. The third-order valence-corrected chi connectivity index (χ3v) is 9.30. The summed E-state index contributed by atoms with van der Waals surface area (Å²) < 4.78 is 0. The second kappa shape index (κ2) is 11.4. The van der Waals surface area contributed by atoms with Gasteiger partial charge in [-0.25, -0.2) is 0 Å². The largest absolute Gasteiger partial charge is 0.289 e. The number of hydrogen-bond donors (Lipinski definition) is 0. The fraction of sp³-hybridized carbons (Fsp3) is 0. The van der Waals surface area contributed by atoms with E-state index in [-0.39, 0.29) is 16.7 Å². The molecule has 0 unspecified atom stereocenters. The summed E-state index contributed by atoms with van der Waals surface area (Å²) in [6.45, 7) is 0. The van der Waals surface area contributed by atoms with Gasteiger partial charge in [0.1, 0.15) is 0 Å². The highest BCUT2D eigenvalue weighted by molar-refractivity contribution is 7.99. The molecule has 0 fully saturated rings. The van der Waals surface area contributed by atoms with Crippen LogP contribution in [0.1, 0.15) is 15.9 Å². The number of benzene rings is 5. The Kier molecular flexibility index (Phi) is 7.84. The summed E-state index contributed by atoms with van der Waals surface area (Å²) >= 11 is 14.0. The Hall–Kier alpha value is -2.95. The van der Waals surface area contributed by atoms with E-state index in [2.05, 4.69) is 48.5 Å². The van der Waals surface area contributed by atoms with Gasteiger partial charge in [-0.3, -0.25) is 4.79 Å². The van der Waals surface area contributed by atoms with Crippen LogP contribution in [0, 0.1) is 0 Å². The molecule has 0 saturated carbocycles. The zero-order chi connectivity index (χ0) is 24.9. The smallest absolute Gasteiger partial charge is 0.193 e. The van der Waals surface area contributed by atoms with Crippen molar-refractivity contribution in [3.05, 3.63) is 149 Å². The second-order valence-corrected chi connectivity index (χ2v) is 12.1. The van der Waals surface area contributed by atoms with E-state index in [1.807, 2.05) is 78.9 Å². The van der Waals surface area contributed by atoms with Gasteiger partial charge in [-0.05, 0) is 97.1 Å². The van der Waals surface area contributed by atoms with Gasteiger partial charge in [-0.2, -0.15) is 0 Å². The molecule has 0 aromatic heterocycles. The van der Waals surface area contributed by atoms with Crippen LogP contribution in [0.5, 0.6) is 0 Å². The normalized spacial score (nSPS) is 11.0. The molecule has 0 heterocycles. The molecule has 0 saturated heterocycles. The molecule has 5 aromatic carbocycles. The predicted octanol–water partition coefficient (Wildman–Crippen LogP) is 9.47. The minimum absolute atomic E-state index is 0.0351. The van der Waals surface area contributed by atoms with E-state index in [1.54, 1.807) is 11.8 Å². The third kappa shape index (κ3) is 5.88. The first-order valence-corrected chi connectivity index (χ1v) is 14.1. The van der Waals surface area contributed by atoms with Crippen LogP contribution in [0.15, 0.2) is 152 Å². The van der Waals surface area contributed by atoms with Crippen molar-refractivity contribution in [2.75, 3.05) is 0 Å². The number of carbonyl (C=O) groups is 1. The van der Waals surface area contributed by atoms with Crippen molar-refractivity contribution < 1.29 is 4.79 Å². The number of ketones is 1. The number of carbonyl (C=O) groups excluding carboxylic acids is 1. The molecule has 1 nitrogen and oxygen atoms in total. The Bertz CT molecular complexity index is 1400. The van der Waals surface area contributed by atoms with Crippen LogP contribution in [0.2, 0.25) is 10.0 Å². The Balaban J connectivity index is 1.36. The van der Waals surface area contributed by atoms with Gasteiger partial charge in [0.15, 0.2) is 20.5 Å². The summed E-state index contributed by atoms with van der Waals surface area (Å²) in [5, 5.41) is 1.45. The summed E-state index contributed by atoms with van der Waals surface area (Å²) in [7, 11) is -0.277. The van der Waals surface area contributed by atoms with Gasteiger partial charge in [-0.1, -0.05) is 65.3 Å². The maximum Gasteiger partial charge on any atom is 0.193 e. The molecule has 0 amide bonds. The molecule has 0 atom stereocenters. The number of rotatable bonds is 7. The van der Waals surface area contributed by atoms with Gasteiger partial charge >= 0.3 is 0 Å². The molecular formula is C31H21Cl2OS2+. The summed E-state index contributed by atoms with van der Waals surface area (Å²) in [5.41, 5.74) is 1.39. The van der Waals surface area contributed by atoms with Gasteiger partial charge in [0.05, 0.1) is 10.9 Å². The van der Waals surface area contributed by atoms with Crippen LogP contribution in [0.25, 0.3) is 0 Å². The van der Waals surface area contributed by atoms with E-state index in [0.29, 0.717) is 11.1 Å². The van der Waals surface area contributed by atoms with Crippen molar-refractivity contribution in [2.24, 2.45) is 0 Å². The standard InChI is InChI=1S/C31H21Cl2OS2/c32-24-8-16-28(17-9-24)36(29-18-10-25(33)11-19-29)30-20-14-27(15-21-30)35-26-12-6-23(7-13-26)31(34)22-4-2-1-3-5-22/h1-21H/q+1. The summed E-state index contributed by atoms with van der Waals surface area (Å²) in [5.74, 6) is 0.0351. The minimum atomic E-state index is -0.277. The lowest BCUT2D eigenvalue weighted by molar-refractivity contribution is 0.103. The first kappa shape index (κ1) is 24.7. The van der Waals surface area contributed by atoms with Crippen molar-refractivity contribution in [3.63, 3.8) is 0 Å². The van der Waals surface area contributed by atoms with Crippen LogP contribution >= 0.6 is 35.0 Å². The Labute approximate surface area is 228 Å². The van der Waals surface area contributed by atoms with Crippen LogP contribution in [0.3, 0.4) is 0 Å². The molecular weight excluding hydrogens is 523 g/mol. The minimum Gasteiger partial charge on any atom is -0.289 e. The van der Waals surface area contributed by atoms with Gasteiger partial charge in [0.25, 0.3) is 0 Å². The van der Waals surface area contributed by atoms with Crippen molar-refractivity contribution in [1.82, 2.24) is 0 Å². The molecule has 5 heteroatoms. The van der Waals surface area contributed by atoms with Gasteiger partial charge in [-0.15, -0.1) is 0 Å². The molecule has 0 aliphatic rings.